The molecule has 0 aromatic carbocycles. The summed E-state index contributed by atoms with van der Waals surface area (Å²) in [6, 6.07) is 5.09. The van der Waals surface area contributed by atoms with Crippen molar-refractivity contribution in [2.75, 3.05) is 43.6 Å². The van der Waals surface area contributed by atoms with Crippen molar-refractivity contribution in [1.82, 2.24) is 19.7 Å². The van der Waals surface area contributed by atoms with Crippen LogP contribution in [-0.2, 0) is 15.1 Å². The Labute approximate surface area is 196 Å². The predicted molar refractivity (Wildman–Crippen MR) is 126 cm³/mol. The number of aryl methyl sites for hydroxylation is 1. The molecule has 1 atom stereocenters. The predicted octanol–water partition coefficient (Wildman–Crippen LogP) is 1.84. The molecule has 0 saturated carbocycles. The second-order valence-corrected chi connectivity index (χ2v) is 8.86. The number of primary amides is 1. The molecule has 2 amide bonds. The number of carbonyl (C=O) groups excluding carboxylic acids is 1. The maximum absolute atomic E-state index is 11.4. The lowest BCUT2D eigenvalue weighted by Gasteiger charge is -2.33. The van der Waals surface area contributed by atoms with Gasteiger partial charge in [0.15, 0.2) is 5.82 Å². The van der Waals surface area contributed by atoms with Crippen molar-refractivity contribution >= 4 is 28.4 Å². The maximum atomic E-state index is 11.4. The average molecular weight is 468 g/mol. The number of urea groups is 1. The second kappa shape index (κ2) is 8.82. The highest BCUT2D eigenvalue weighted by atomic mass is 16.5. The summed E-state index contributed by atoms with van der Waals surface area (Å²) >= 11 is 0. The molecule has 0 unspecified atom stereocenters. The van der Waals surface area contributed by atoms with Gasteiger partial charge in [0, 0.05) is 62.6 Å². The van der Waals surface area contributed by atoms with E-state index < -0.39 is 11.6 Å². The molecule has 0 spiro atoms. The van der Waals surface area contributed by atoms with Crippen molar-refractivity contribution in [2.45, 2.75) is 37.9 Å². The number of methoxy groups -OCH3 is 1. The molecular formula is C23H29N7O4. The summed E-state index contributed by atoms with van der Waals surface area (Å²) in [6.07, 6.45) is 3.52. The monoisotopic (exact) mass is 467 g/mol. The van der Waals surface area contributed by atoms with Crippen LogP contribution >= 0.6 is 0 Å². The Bertz CT molecular complexity index is 1210. The Morgan fingerprint density at radius 3 is 2.79 bits per heavy atom. The SMILES string of the molecule is CO[C@@]1(c2cc(N3CCC(O)CC3)cc(-n3nc(C)c4cnc(NC(N)=O)cc43)n2)CCOC1. The van der Waals surface area contributed by atoms with Gasteiger partial charge >= 0.3 is 6.03 Å². The van der Waals surface area contributed by atoms with Crippen LogP contribution in [-0.4, -0.2) is 70.4 Å². The molecule has 3 aromatic heterocycles. The molecular weight excluding hydrogens is 438 g/mol. The van der Waals surface area contributed by atoms with E-state index in [9.17, 15) is 9.90 Å². The number of nitrogens with one attached hydrogen (secondary N) is 1. The zero-order valence-electron chi connectivity index (χ0n) is 19.3. The summed E-state index contributed by atoms with van der Waals surface area (Å²) in [5, 5.41) is 18.1. The molecule has 2 fully saturated rings. The summed E-state index contributed by atoms with van der Waals surface area (Å²) in [5.74, 6) is 0.955. The van der Waals surface area contributed by atoms with Crippen LogP contribution in [0.25, 0.3) is 16.7 Å². The molecule has 5 rings (SSSR count). The van der Waals surface area contributed by atoms with Gasteiger partial charge in [-0.1, -0.05) is 0 Å². The number of aliphatic hydroxyl groups is 1. The zero-order valence-corrected chi connectivity index (χ0v) is 19.3. The second-order valence-electron chi connectivity index (χ2n) is 8.86. The number of rotatable bonds is 5. The van der Waals surface area contributed by atoms with Gasteiger partial charge in [0.25, 0.3) is 0 Å². The van der Waals surface area contributed by atoms with E-state index in [1.165, 1.54) is 0 Å². The molecule has 180 valence electrons. The number of piperidine rings is 1. The van der Waals surface area contributed by atoms with Crippen molar-refractivity contribution in [3.63, 3.8) is 0 Å². The third-order valence-corrected chi connectivity index (χ3v) is 6.69. The molecule has 2 aliphatic rings. The van der Waals surface area contributed by atoms with Crippen LogP contribution in [0.1, 0.15) is 30.7 Å². The van der Waals surface area contributed by atoms with E-state index in [0.29, 0.717) is 44.1 Å². The van der Waals surface area contributed by atoms with Crippen molar-refractivity contribution in [2.24, 2.45) is 5.73 Å². The number of amides is 2. The number of anilines is 2. The number of pyridine rings is 2. The molecule has 0 aliphatic carbocycles. The van der Waals surface area contributed by atoms with Crippen LogP contribution in [0.15, 0.2) is 24.4 Å². The van der Waals surface area contributed by atoms with E-state index in [4.69, 9.17) is 25.3 Å². The van der Waals surface area contributed by atoms with E-state index >= 15 is 0 Å². The summed E-state index contributed by atoms with van der Waals surface area (Å²) in [4.78, 5) is 22.8. The van der Waals surface area contributed by atoms with E-state index in [0.717, 1.165) is 41.1 Å². The van der Waals surface area contributed by atoms with Gasteiger partial charge in [-0.2, -0.15) is 5.10 Å². The van der Waals surface area contributed by atoms with Gasteiger partial charge in [0.2, 0.25) is 0 Å². The summed E-state index contributed by atoms with van der Waals surface area (Å²) in [5.41, 5.74) is 7.93. The third kappa shape index (κ3) is 4.06. The number of fused-ring (bicyclic) bond motifs is 1. The fraction of sp³-hybridized carbons (Fsp3) is 0.478. The van der Waals surface area contributed by atoms with Crippen LogP contribution in [0.2, 0.25) is 0 Å². The molecule has 11 nitrogen and oxygen atoms in total. The van der Waals surface area contributed by atoms with Crippen LogP contribution in [0.4, 0.5) is 16.3 Å². The normalized spacial score (nSPS) is 21.3. The topological polar surface area (TPSA) is 141 Å². The van der Waals surface area contributed by atoms with Crippen LogP contribution < -0.4 is 16.0 Å². The Morgan fingerprint density at radius 1 is 1.32 bits per heavy atom. The third-order valence-electron chi connectivity index (χ3n) is 6.69. The molecule has 2 saturated heterocycles. The van der Waals surface area contributed by atoms with Crippen LogP contribution in [0.5, 0.6) is 0 Å². The number of carbonyl (C=O) groups is 1. The minimum absolute atomic E-state index is 0.271. The van der Waals surface area contributed by atoms with E-state index in [1.807, 2.05) is 13.0 Å². The summed E-state index contributed by atoms with van der Waals surface area (Å²) < 4.78 is 13.4. The number of nitrogens with two attached hydrogens (primary N) is 1. The van der Waals surface area contributed by atoms with Crippen LogP contribution in [0, 0.1) is 6.92 Å². The largest absolute Gasteiger partial charge is 0.393 e. The fourth-order valence-electron chi connectivity index (χ4n) is 4.69. The molecule has 34 heavy (non-hydrogen) atoms. The van der Waals surface area contributed by atoms with Gasteiger partial charge in [0.1, 0.15) is 11.4 Å². The number of aromatic nitrogens is 4. The molecule has 11 heteroatoms. The average Bonchev–Trinajstić information content (AvgIpc) is 3.44. The highest BCUT2D eigenvalue weighted by Gasteiger charge is 2.39. The van der Waals surface area contributed by atoms with Crippen molar-refractivity contribution in [1.29, 1.82) is 0 Å². The summed E-state index contributed by atoms with van der Waals surface area (Å²) in [6.45, 7) is 4.42. The Kier molecular flexibility index (Phi) is 5.84. The molecule has 4 N–H and O–H groups in total. The maximum Gasteiger partial charge on any atom is 0.317 e. The minimum Gasteiger partial charge on any atom is -0.393 e. The molecule has 3 aromatic rings. The first-order valence-electron chi connectivity index (χ1n) is 11.4. The van der Waals surface area contributed by atoms with Gasteiger partial charge in [-0.3, -0.25) is 5.32 Å². The highest BCUT2D eigenvalue weighted by Crippen LogP contribution is 2.36. The standard InChI is InChI=1S/C23H29N7O4/c1-14-17-12-25-20(27-22(24)32)11-18(17)30(28-14)21-10-15(29-6-3-16(31)4-7-29)9-19(26-21)23(33-2)5-8-34-13-23/h9-12,16,31H,3-8,13H2,1-2H3,(H3,24,25,27,32)/t23-/m0/s1. The molecule has 0 radical (unpaired) electrons. The van der Waals surface area contributed by atoms with E-state index in [2.05, 4.69) is 21.3 Å². The fourth-order valence-corrected chi connectivity index (χ4v) is 4.69. The first kappa shape index (κ1) is 22.5. The minimum atomic E-state index is -0.687. The number of hydrogen-bond acceptors (Lipinski definition) is 8. The van der Waals surface area contributed by atoms with Crippen molar-refractivity contribution in [3.8, 4) is 5.82 Å². The quantitative estimate of drug-likeness (QED) is 0.516. The van der Waals surface area contributed by atoms with Gasteiger partial charge in [-0.05, 0) is 25.8 Å². The summed E-state index contributed by atoms with van der Waals surface area (Å²) in [7, 11) is 1.68. The number of ether oxygens (including phenoxy) is 2. The van der Waals surface area contributed by atoms with E-state index in [1.54, 1.807) is 24.1 Å². The van der Waals surface area contributed by atoms with Crippen molar-refractivity contribution < 1.29 is 19.4 Å². The lowest BCUT2D eigenvalue weighted by molar-refractivity contribution is -0.0245. The molecule has 5 heterocycles. The van der Waals surface area contributed by atoms with Gasteiger partial charge < -0.3 is 25.2 Å². The van der Waals surface area contributed by atoms with Crippen molar-refractivity contribution in [3.05, 3.63) is 35.8 Å². The smallest absolute Gasteiger partial charge is 0.317 e. The van der Waals surface area contributed by atoms with Gasteiger partial charge in [-0.25, -0.2) is 19.4 Å². The van der Waals surface area contributed by atoms with Gasteiger partial charge in [0.05, 0.1) is 29.6 Å². The first-order valence-corrected chi connectivity index (χ1v) is 11.4. The lowest BCUT2D eigenvalue weighted by atomic mass is 9.97. The van der Waals surface area contributed by atoms with Crippen LogP contribution in [0.3, 0.4) is 0 Å². The number of nitrogens with zero attached hydrogens (tertiary/aromatic N) is 5. The highest BCUT2D eigenvalue weighted by molar-refractivity contribution is 5.90. The Balaban J connectivity index is 1.66. The van der Waals surface area contributed by atoms with Gasteiger partial charge in [-0.15, -0.1) is 0 Å². The zero-order chi connectivity index (χ0) is 23.9. The lowest BCUT2D eigenvalue weighted by Crippen LogP contribution is -2.37. The molecule has 2 aliphatic heterocycles. The number of hydrogen-bond donors (Lipinski definition) is 3. The molecule has 0 bridgehead atoms. The Morgan fingerprint density at radius 2 is 2.12 bits per heavy atom. The van der Waals surface area contributed by atoms with E-state index in [-0.39, 0.29) is 6.10 Å². The Hall–Kier alpha value is -3.28. The number of aliphatic hydroxyl groups excluding tert-OH is 1. The first-order chi connectivity index (χ1) is 16.4.